The molecule has 16 nitrogen and oxygen atoms in total. The first-order valence-electron chi connectivity index (χ1n) is 27.8. The van der Waals surface area contributed by atoms with Crippen molar-refractivity contribution in [2.75, 3.05) is 54.9 Å². The van der Waals surface area contributed by atoms with Crippen LogP contribution in [0.3, 0.4) is 0 Å². The van der Waals surface area contributed by atoms with Crippen LogP contribution in [-0.4, -0.2) is 127 Å². The molecule has 0 atom stereocenters. The molecule has 104 heavy (non-hydrogen) atoms. The van der Waals surface area contributed by atoms with Crippen molar-refractivity contribution in [1.29, 1.82) is 0 Å². The summed E-state index contributed by atoms with van der Waals surface area (Å²) in [4.78, 5) is 71.4. The molecule has 0 unspecified atom stereocenters. The van der Waals surface area contributed by atoms with Crippen LogP contribution in [0.5, 0.6) is 0 Å². The molecule has 0 amide bonds. The van der Waals surface area contributed by atoms with E-state index in [-0.39, 0.29) is 180 Å². The van der Waals surface area contributed by atoms with Gasteiger partial charge in [-0.15, -0.1) is 0 Å². The molecule has 0 aromatic heterocycles. The molecule has 0 bridgehead atoms. The Morgan fingerprint density at radius 3 is 0.471 bits per heavy atom. The van der Waals surface area contributed by atoms with E-state index in [0.29, 0.717) is 26.4 Å². The summed E-state index contributed by atoms with van der Waals surface area (Å²) in [6, 6.07) is 30.3. The molecule has 6 aromatic carbocycles. The Morgan fingerprint density at radius 1 is 0.260 bits per heavy atom. The molecule has 0 saturated carbocycles. The van der Waals surface area contributed by atoms with Gasteiger partial charge in [0.15, 0.2) is 34.7 Å². The van der Waals surface area contributed by atoms with Crippen molar-refractivity contribution in [2.45, 2.75) is 37.1 Å². The van der Waals surface area contributed by atoms with E-state index in [1.54, 1.807) is 28.4 Å². The summed E-state index contributed by atoms with van der Waals surface area (Å²) in [5.41, 5.74) is -0.0492. The maximum atomic E-state index is 12.3. The summed E-state index contributed by atoms with van der Waals surface area (Å²) in [5.74, 6) is -21.1. The van der Waals surface area contributed by atoms with Crippen LogP contribution in [0.2, 0.25) is 0 Å². The average Bonchev–Trinajstić information content (AvgIpc) is 0.833. The van der Waals surface area contributed by atoms with E-state index in [2.05, 4.69) is 18.9 Å². The molecule has 0 saturated heterocycles. The molecule has 0 aliphatic carbocycles. The van der Waals surface area contributed by atoms with Gasteiger partial charge >= 0.3 is 113 Å². The number of methoxy groups -OCH3 is 4. The summed E-state index contributed by atoms with van der Waals surface area (Å²) in [7, 11) is 6.61. The van der Waals surface area contributed by atoms with Crippen LogP contribution >= 0.6 is 0 Å². The summed E-state index contributed by atoms with van der Waals surface area (Å²) in [6.07, 6.45) is -31.8. The molecule has 6 aromatic rings. The Kier molecular flexibility index (Phi) is 40.4. The summed E-state index contributed by atoms with van der Waals surface area (Å²) < 4.78 is 240. The van der Waals surface area contributed by atoms with Crippen LogP contribution in [0, 0.1) is 76.3 Å². The predicted octanol–water partition coefficient (Wildman–Crippen LogP) is 10.6. The molecule has 0 spiro atoms. The van der Waals surface area contributed by atoms with Crippen LogP contribution in [0.25, 0.3) is 33.4 Å². The number of carbonyl (C=O) groups is 6. The smallest absolute Gasteiger partial charge is 0.869 e. The second kappa shape index (κ2) is 43.9. The third kappa shape index (κ3) is 34.1. The van der Waals surface area contributed by atoms with E-state index in [9.17, 15) is 138 Å². The molecule has 0 fully saturated rings. The van der Waals surface area contributed by atoms with E-state index in [4.69, 9.17) is 0 Å². The van der Waals surface area contributed by atoms with Crippen molar-refractivity contribution in [3.8, 4) is 33.4 Å². The number of hydrogen-bond donors (Lipinski definition) is 0. The molecule has 564 valence electrons. The number of halogens is 18. The molecule has 2 radical (unpaired) electrons. The van der Waals surface area contributed by atoms with E-state index in [1.165, 1.54) is 72.8 Å². The van der Waals surface area contributed by atoms with Crippen molar-refractivity contribution in [1.82, 2.24) is 0 Å². The van der Waals surface area contributed by atoms with Gasteiger partial charge in [-0.25, -0.2) is 0 Å². The summed E-state index contributed by atoms with van der Waals surface area (Å²) >= 11 is 0. The number of hydrogen-bond acceptors (Lipinski definition) is 16. The molecular weight excluding hydrogens is 1740 g/mol. The average molecular weight is 1790 g/mol. The molecule has 0 aliphatic heterocycles. The van der Waals surface area contributed by atoms with Crippen molar-refractivity contribution in [3.05, 3.63) is 250 Å². The van der Waals surface area contributed by atoms with E-state index in [1.807, 2.05) is 0 Å². The fourth-order valence-corrected chi connectivity index (χ4v) is 7.15. The maximum absolute atomic E-state index is 12.3. The first-order chi connectivity index (χ1) is 47.2. The Morgan fingerprint density at radius 2 is 0.375 bits per heavy atom. The largest absolute Gasteiger partial charge is 3.00 e. The zero-order valence-corrected chi connectivity index (χ0v) is 57.2. The predicted molar refractivity (Wildman–Crippen MR) is 314 cm³/mol. The second-order valence-electron chi connectivity index (χ2n) is 19.7. The van der Waals surface area contributed by atoms with Crippen molar-refractivity contribution < 1.29 is 234 Å². The zero-order chi connectivity index (χ0) is 77.7. The molecule has 0 N–H and O–H groups in total. The van der Waals surface area contributed by atoms with Gasteiger partial charge in [-0.3, -0.25) is 28.8 Å². The minimum Gasteiger partial charge on any atom is -0.869 e. The summed E-state index contributed by atoms with van der Waals surface area (Å²) in [5, 5.41) is 65.6. The Labute approximate surface area is 638 Å². The number of ketones is 6. The third-order valence-electron chi connectivity index (χ3n) is 12.1. The minimum absolute atomic E-state index is 0. The monoisotopic (exact) mass is 1790 g/mol. The van der Waals surface area contributed by atoms with E-state index in [0.717, 1.165) is 72.8 Å². The van der Waals surface area contributed by atoms with Crippen LogP contribution < -0.4 is 30.6 Å². The second-order valence-corrected chi connectivity index (χ2v) is 19.7. The fourth-order valence-electron chi connectivity index (χ4n) is 7.15. The van der Waals surface area contributed by atoms with Gasteiger partial charge in [0.1, 0.15) is 0 Å². The number of benzene rings is 6. The minimum atomic E-state index is -5.20. The van der Waals surface area contributed by atoms with Gasteiger partial charge in [0.05, 0.1) is 26.4 Å². The maximum Gasteiger partial charge on any atom is 3.00 e. The molecule has 0 heterocycles. The van der Waals surface area contributed by atoms with Gasteiger partial charge in [-0.1, -0.05) is 109 Å². The number of carbonyl (C=O) groups excluding carboxylic acids is 6. The topological polar surface area (TPSA) is 278 Å². The van der Waals surface area contributed by atoms with Gasteiger partial charge in [0.2, 0.25) is 0 Å². The zero-order valence-electron chi connectivity index (χ0n) is 53.1. The SMILES string of the molecule is COCCOC.COCCOC.O=C(/C=C(\[O-])C(F)(F)F)c1cccc(-c2cccc(C(=O)/C=C(\[O-])C(F)(F)F)c2)c1.O=C(/C=C(\[O-])C(F)(F)F)c1cccc(-c2cccc(C(=O)/C=C(\[O-])C(F)(F)F)c2)c1.O=C(/C=C(\[O-])C(F)(F)F)c1cccc(-c2cccc(C(=O)/C=C(\[O-])C(F)(F)F)c2)c1.[Dy+3].[Dy+3]. The van der Waals surface area contributed by atoms with Crippen molar-refractivity contribution in [3.63, 3.8) is 0 Å². The fraction of sp³-hybridized carbons (Fsp3) is 0.206. The standard InChI is InChI=1S/3C20H12F6O4.2C4H10O2.2Dy/c3*21-19(22,23)17(29)9-15(27)13-5-1-3-11(7-13)12-4-2-6-14(8-12)16(28)10-18(30)20(24,25)26;2*1-5-3-4-6-2;;/h3*1-10,29-30H;2*3-4H2,1-2H3;;/q;;;;;2*+3/p-6/b3*17-9-,18-10-;;;;. The van der Waals surface area contributed by atoms with Gasteiger partial charge in [-0.05, 0) is 141 Å². The normalized spacial score (nSPS) is 12.5. The van der Waals surface area contributed by atoms with Gasteiger partial charge in [0, 0.05) is 61.8 Å². The van der Waals surface area contributed by atoms with Crippen LogP contribution in [0.4, 0.5) is 79.0 Å². The van der Waals surface area contributed by atoms with E-state index < -0.39 is 106 Å². The van der Waals surface area contributed by atoms with Gasteiger partial charge in [-0.2, -0.15) is 79.0 Å². The Balaban J connectivity index is 0.00000140. The first-order valence-corrected chi connectivity index (χ1v) is 27.8. The van der Waals surface area contributed by atoms with Gasteiger partial charge < -0.3 is 49.6 Å². The molecule has 6 rings (SSSR count). The molecular formula is C68H50Dy2F18O16. The van der Waals surface area contributed by atoms with Crippen molar-refractivity contribution >= 4 is 34.7 Å². The third-order valence-corrected chi connectivity index (χ3v) is 12.1. The van der Waals surface area contributed by atoms with Crippen LogP contribution in [-0.2, 0) is 18.9 Å². The van der Waals surface area contributed by atoms with Gasteiger partial charge in [0.25, 0.3) is 0 Å². The Bertz CT molecular complexity index is 3410. The first kappa shape index (κ1) is 95.7. The van der Waals surface area contributed by atoms with Crippen LogP contribution in [0.15, 0.2) is 217 Å². The van der Waals surface area contributed by atoms with E-state index >= 15 is 0 Å². The van der Waals surface area contributed by atoms with Crippen molar-refractivity contribution in [2.24, 2.45) is 0 Å². The van der Waals surface area contributed by atoms with Crippen LogP contribution in [0.1, 0.15) is 62.1 Å². The molecule has 36 heteroatoms. The summed E-state index contributed by atoms with van der Waals surface area (Å²) in [6.45, 7) is 2.76. The number of allylic oxidation sites excluding steroid dienone is 12. The number of ether oxygens (including phenoxy) is 4. The number of alkyl halides is 18. The molecule has 0 aliphatic rings. The number of rotatable bonds is 21. The quantitative estimate of drug-likeness (QED) is 0.0213. The Hall–Kier alpha value is -8.29.